The first kappa shape index (κ1) is 14.9. The minimum atomic E-state index is -0.460. The van der Waals surface area contributed by atoms with Crippen LogP contribution < -0.4 is 10.4 Å². The van der Waals surface area contributed by atoms with Crippen molar-refractivity contribution in [3.05, 3.63) is 52.4 Å². The van der Waals surface area contributed by atoms with Crippen molar-refractivity contribution in [1.29, 1.82) is 0 Å². The number of ether oxygens (including phenoxy) is 2. The van der Waals surface area contributed by atoms with E-state index in [4.69, 9.17) is 9.47 Å². The summed E-state index contributed by atoms with van der Waals surface area (Å²) in [5, 5.41) is 0. The molecule has 6 heteroatoms. The van der Waals surface area contributed by atoms with Crippen molar-refractivity contribution in [2.24, 2.45) is 7.05 Å². The zero-order valence-corrected chi connectivity index (χ0v) is 13.0. The molecule has 0 spiro atoms. The summed E-state index contributed by atoms with van der Waals surface area (Å²) in [4.78, 5) is 26.4. The van der Waals surface area contributed by atoms with Crippen molar-refractivity contribution in [2.45, 2.75) is 0 Å². The first-order valence-corrected chi connectivity index (χ1v) is 7.01. The maximum atomic E-state index is 11.9. The number of aryl methyl sites for hydroxylation is 1. The number of nitrogens with one attached hydrogen (secondary N) is 1. The number of aromatic nitrogens is 2. The number of benzene rings is 2. The number of para-hydroxylation sites is 1. The van der Waals surface area contributed by atoms with Crippen molar-refractivity contribution in [3.63, 3.8) is 0 Å². The standard InChI is InChI=1S/C17H16N2O4/c1-19-14-8-7-10(9-13(14)18-17(19)21)11-5-4-6-12(15(11)22-2)16(20)23-3/h4-9H,1-3H3,(H,18,21). The number of hydrogen-bond acceptors (Lipinski definition) is 4. The molecule has 0 amide bonds. The highest BCUT2D eigenvalue weighted by Crippen LogP contribution is 2.34. The van der Waals surface area contributed by atoms with Crippen molar-refractivity contribution in [1.82, 2.24) is 9.55 Å². The fourth-order valence-corrected chi connectivity index (χ4v) is 2.66. The molecule has 0 radical (unpaired) electrons. The van der Waals surface area contributed by atoms with Gasteiger partial charge in [-0.3, -0.25) is 4.57 Å². The van der Waals surface area contributed by atoms with Gasteiger partial charge in [0, 0.05) is 12.6 Å². The molecule has 1 heterocycles. The van der Waals surface area contributed by atoms with Gasteiger partial charge in [0.05, 0.1) is 25.3 Å². The van der Waals surface area contributed by atoms with Crippen molar-refractivity contribution >= 4 is 17.0 Å². The maximum Gasteiger partial charge on any atom is 0.341 e. The normalized spacial score (nSPS) is 10.7. The van der Waals surface area contributed by atoms with Gasteiger partial charge >= 0.3 is 11.7 Å². The third-order valence-corrected chi connectivity index (χ3v) is 3.84. The van der Waals surface area contributed by atoms with E-state index in [1.165, 1.54) is 14.2 Å². The average molecular weight is 312 g/mol. The van der Waals surface area contributed by atoms with E-state index in [2.05, 4.69) is 4.98 Å². The largest absolute Gasteiger partial charge is 0.495 e. The van der Waals surface area contributed by atoms with Crippen LogP contribution in [0.5, 0.6) is 5.75 Å². The SMILES string of the molecule is COC(=O)c1cccc(-c2ccc3c(c2)[nH]c(=O)n3C)c1OC. The Balaban J connectivity index is 2.22. The van der Waals surface area contributed by atoms with Crippen LogP contribution >= 0.6 is 0 Å². The molecular formula is C17H16N2O4. The van der Waals surface area contributed by atoms with E-state index in [1.54, 1.807) is 23.7 Å². The molecule has 118 valence electrons. The third kappa shape index (κ3) is 2.38. The second-order valence-corrected chi connectivity index (χ2v) is 5.10. The fourth-order valence-electron chi connectivity index (χ4n) is 2.66. The number of nitrogens with zero attached hydrogens (tertiary/aromatic N) is 1. The summed E-state index contributed by atoms with van der Waals surface area (Å²) in [6.07, 6.45) is 0. The lowest BCUT2D eigenvalue weighted by Crippen LogP contribution is -2.11. The summed E-state index contributed by atoms with van der Waals surface area (Å²) in [7, 11) is 4.54. The first-order valence-electron chi connectivity index (χ1n) is 7.01. The van der Waals surface area contributed by atoms with Crippen LogP contribution in [0.4, 0.5) is 0 Å². The molecule has 1 N–H and O–H groups in total. The predicted molar refractivity (Wildman–Crippen MR) is 86.9 cm³/mol. The maximum absolute atomic E-state index is 11.9. The average Bonchev–Trinajstić information content (AvgIpc) is 2.87. The monoisotopic (exact) mass is 312 g/mol. The van der Waals surface area contributed by atoms with Gasteiger partial charge in [0.25, 0.3) is 0 Å². The molecule has 1 aromatic heterocycles. The highest BCUT2D eigenvalue weighted by Gasteiger charge is 2.17. The lowest BCUT2D eigenvalue weighted by atomic mass is 10.0. The highest BCUT2D eigenvalue weighted by atomic mass is 16.5. The Labute approximate surface area is 132 Å². The van der Waals surface area contributed by atoms with Crippen LogP contribution in [0.15, 0.2) is 41.2 Å². The van der Waals surface area contributed by atoms with Gasteiger partial charge < -0.3 is 14.5 Å². The summed E-state index contributed by atoms with van der Waals surface area (Å²) in [6, 6.07) is 10.9. The number of fused-ring (bicyclic) bond motifs is 1. The zero-order chi connectivity index (χ0) is 16.6. The van der Waals surface area contributed by atoms with E-state index in [0.717, 1.165) is 22.2 Å². The van der Waals surface area contributed by atoms with Gasteiger partial charge in [-0.25, -0.2) is 9.59 Å². The topological polar surface area (TPSA) is 73.3 Å². The Kier molecular flexibility index (Phi) is 3.65. The van der Waals surface area contributed by atoms with Gasteiger partial charge in [-0.2, -0.15) is 0 Å². The lowest BCUT2D eigenvalue weighted by Gasteiger charge is -2.12. The molecular weight excluding hydrogens is 296 g/mol. The number of carbonyl (C=O) groups is 1. The van der Waals surface area contributed by atoms with Crippen LogP contribution in [-0.4, -0.2) is 29.7 Å². The molecule has 2 aromatic carbocycles. The molecule has 0 saturated heterocycles. The number of rotatable bonds is 3. The van der Waals surface area contributed by atoms with E-state index >= 15 is 0 Å². The van der Waals surface area contributed by atoms with E-state index in [-0.39, 0.29) is 5.69 Å². The highest BCUT2D eigenvalue weighted by molar-refractivity contribution is 5.96. The minimum Gasteiger partial charge on any atom is -0.495 e. The number of hydrogen-bond donors (Lipinski definition) is 1. The van der Waals surface area contributed by atoms with Gasteiger partial charge in [-0.1, -0.05) is 18.2 Å². The molecule has 0 atom stereocenters. The molecule has 0 fully saturated rings. The van der Waals surface area contributed by atoms with E-state index < -0.39 is 5.97 Å². The van der Waals surface area contributed by atoms with Gasteiger partial charge in [0.1, 0.15) is 11.3 Å². The Morgan fingerprint density at radius 2 is 1.96 bits per heavy atom. The summed E-state index contributed by atoms with van der Waals surface area (Å²) in [6.45, 7) is 0. The smallest absolute Gasteiger partial charge is 0.341 e. The Hall–Kier alpha value is -3.02. The zero-order valence-electron chi connectivity index (χ0n) is 13.0. The summed E-state index contributed by atoms with van der Waals surface area (Å²) in [5.41, 5.74) is 3.30. The van der Waals surface area contributed by atoms with Gasteiger partial charge in [-0.05, 0) is 23.8 Å². The van der Waals surface area contributed by atoms with Crippen LogP contribution in [0.25, 0.3) is 22.2 Å². The number of H-pyrrole nitrogens is 1. The van der Waals surface area contributed by atoms with E-state index in [0.29, 0.717) is 11.3 Å². The number of esters is 1. The van der Waals surface area contributed by atoms with Crippen LogP contribution in [0.3, 0.4) is 0 Å². The van der Waals surface area contributed by atoms with Crippen LogP contribution in [0.1, 0.15) is 10.4 Å². The van der Waals surface area contributed by atoms with Gasteiger partial charge in [0.2, 0.25) is 0 Å². The van der Waals surface area contributed by atoms with Gasteiger partial charge in [0.15, 0.2) is 0 Å². The molecule has 0 unspecified atom stereocenters. The molecule has 3 aromatic rings. The molecule has 0 bridgehead atoms. The molecule has 3 rings (SSSR count). The molecule has 6 nitrogen and oxygen atoms in total. The second-order valence-electron chi connectivity index (χ2n) is 5.10. The summed E-state index contributed by atoms with van der Waals surface area (Å²) in [5.74, 6) is -0.0186. The summed E-state index contributed by atoms with van der Waals surface area (Å²) >= 11 is 0. The molecule has 23 heavy (non-hydrogen) atoms. The molecule has 0 aliphatic rings. The van der Waals surface area contributed by atoms with Crippen molar-refractivity contribution in [3.8, 4) is 16.9 Å². The van der Waals surface area contributed by atoms with Crippen LogP contribution in [-0.2, 0) is 11.8 Å². The molecule has 0 aliphatic heterocycles. The minimum absolute atomic E-state index is 0.174. The predicted octanol–water partition coefficient (Wildman–Crippen LogP) is 2.33. The number of aromatic amines is 1. The Bertz CT molecular complexity index is 953. The summed E-state index contributed by atoms with van der Waals surface area (Å²) < 4.78 is 11.7. The van der Waals surface area contributed by atoms with Crippen molar-refractivity contribution < 1.29 is 14.3 Å². The van der Waals surface area contributed by atoms with Crippen LogP contribution in [0, 0.1) is 0 Å². The van der Waals surface area contributed by atoms with Crippen LogP contribution in [0.2, 0.25) is 0 Å². The molecule has 0 saturated carbocycles. The Morgan fingerprint density at radius 3 is 2.65 bits per heavy atom. The molecule has 0 aliphatic carbocycles. The van der Waals surface area contributed by atoms with E-state index in [9.17, 15) is 9.59 Å². The quantitative estimate of drug-likeness (QED) is 0.753. The first-order chi connectivity index (χ1) is 11.1. The van der Waals surface area contributed by atoms with E-state index in [1.807, 2.05) is 24.3 Å². The second kappa shape index (κ2) is 5.64. The third-order valence-electron chi connectivity index (χ3n) is 3.84. The lowest BCUT2D eigenvalue weighted by molar-refractivity contribution is 0.0597. The van der Waals surface area contributed by atoms with Gasteiger partial charge in [-0.15, -0.1) is 0 Å². The van der Waals surface area contributed by atoms with Crippen molar-refractivity contribution in [2.75, 3.05) is 14.2 Å². The Morgan fingerprint density at radius 1 is 1.17 bits per heavy atom. The number of methoxy groups -OCH3 is 2. The number of imidazole rings is 1. The fraction of sp³-hybridized carbons (Fsp3) is 0.176. The number of carbonyl (C=O) groups excluding carboxylic acids is 1.